The lowest BCUT2D eigenvalue weighted by Gasteiger charge is -2.30. The van der Waals surface area contributed by atoms with Crippen LogP contribution in [0.5, 0.6) is 5.75 Å². The van der Waals surface area contributed by atoms with Crippen molar-refractivity contribution in [3.63, 3.8) is 0 Å². The van der Waals surface area contributed by atoms with Gasteiger partial charge in [-0.3, -0.25) is 4.79 Å². The van der Waals surface area contributed by atoms with Gasteiger partial charge < -0.3 is 20.1 Å². The summed E-state index contributed by atoms with van der Waals surface area (Å²) in [5.41, 5.74) is 6.84. The SMILES string of the molecule is CC(Cc1cc(C2=CCCCC2)n(S(=O)(=O)c2cccc(OCC(=O)N(C)C)c2)c1)C(C)(C)OC(N)=O. The Labute approximate surface area is 219 Å². The zero-order valence-electron chi connectivity index (χ0n) is 22.2. The number of primary amides is 1. The van der Waals surface area contributed by atoms with E-state index in [4.69, 9.17) is 15.2 Å². The molecular formula is C27H37N3O6S. The van der Waals surface area contributed by atoms with Crippen LogP contribution in [0, 0.1) is 5.92 Å². The first-order chi connectivity index (χ1) is 17.3. The van der Waals surface area contributed by atoms with Gasteiger partial charge in [-0.05, 0) is 81.2 Å². The minimum absolute atomic E-state index is 0.0625. The highest BCUT2D eigenvalue weighted by molar-refractivity contribution is 7.90. The lowest BCUT2D eigenvalue weighted by molar-refractivity contribution is -0.130. The molecule has 1 aliphatic rings. The van der Waals surface area contributed by atoms with Crippen LogP contribution >= 0.6 is 0 Å². The van der Waals surface area contributed by atoms with Crippen LogP contribution in [0.3, 0.4) is 0 Å². The highest BCUT2D eigenvalue weighted by Crippen LogP contribution is 2.33. The Morgan fingerprint density at radius 3 is 2.54 bits per heavy atom. The number of carbonyl (C=O) groups is 2. The third kappa shape index (κ3) is 6.94. The minimum Gasteiger partial charge on any atom is -0.484 e. The van der Waals surface area contributed by atoms with Crippen LogP contribution in [-0.2, 0) is 26.0 Å². The van der Waals surface area contributed by atoms with Gasteiger partial charge >= 0.3 is 6.09 Å². The highest BCUT2D eigenvalue weighted by Gasteiger charge is 2.31. The molecule has 2 amide bonds. The van der Waals surface area contributed by atoms with Gasteiger partial charge in [0.1, 0.15) is 11.4 Å². The summed E-state index contributed by atoms with van der Waals surface area (Å²) in [4.78, 5) is 24.7. The van der Waals surface area contributed by atoms with Crippen molar-refractivity contribution in [2.45, 2.75) is 63.4 Å². The molecule has 1 atom stereocenters. The molecule has 0 saturated carbocycles. The van der Waals surface area contributed by atoms with Gasteiger partial charge in [0, 0.05) is 26.4 Å². The number of carbonyl (C=O) groups excluding carboxylic acids is 2. The van der Waals surface area contributed by atoms with Crippen LogP contribution in [0.1, 0.15) is 57.7 Å². The van der Waals surface area contributed by atoms with Crippen LogP contribution in [0.25, 0.3) is 5.57 Å². The molecule has 1 aromatic heterocycles. The number of ether oxygens (including phenoxy) is 2. The third-order valence-electron chi connectivity index (χ3n) is 6.78. The van der Waals surface area contributed by atoms with E-state index in [2.05, 4.69) is 6.08 Å². The summed E-state index contributed by atoms with van der Waals surface area (Å²) in [5.74, 6) is -0.0639. The average Bonchev–Trinajstić information content (AvgIpc) is 3.27. The number of rotatable bonds is 10. The molecule has 1 aromatic carbocycles. The van der Waals surface area contributed by atoms with Crippen molar-refractivity contribution < 1.29 is 27.5 Å². The van der Waals surface area contributed by atoms with E-state index in [0.29, 0.717) is 17.9 Å². The number of benzene rings is 1. The van der Waals surface area contributed by atoms with Gasteiger partial charge in [-0.25, -0.2) is 17.2 Å². The van der Waals surface area contributed by atoms with Gasteiger partial charge in [0.15, 0.2) is 6.61 Å². The molecule has 0 saturated heterocycles. The summed E-state index contributed by atoms with van der Waals surface area (Å²) in [6, 6.07) is 8.07. The van der Waals surface area contributed by atoms with Gasteiger partial charge in [0.2, 0.25) is 0 Å². The van der Waals surface area contributed by atoms with E-state index in [-0.39, 0.29) is 23.3 Å². The van der Waals surface area contributed by atoms with Gasteiger partial charge in [-0.1, -0.05) is 19.1 Å². The van der Waals surface area contributed by atoms with E-state index in [1.54, 1.807) is 46.3 Å². The molecule has 0 spiro atoms. The number of nitrogens with zero attached hydrogens (tertiary/aromatic N) is 2. The second-order valence-corrected chi connectivity index (χ2v) is 12.0. The molecular weight excluding hydrogens is 494 g/mol. The standard InChI is InChI=1S/C27H37N3O6S/c1-19(27(2,3)36-26(28)32)14-20-15-24(21-10-7-6-8-11-21)30(17-20)37(33,34)23-13-9-12-22(16-23)35-18-25(31)29(4)5/h9-10,12-13,15-17,19H,6-8,11,14,18H2,1-5H3,(H2,28,32). The molecule has 1 unspecified atom stereocenters. The van der Waals surface area contributed by atoms with E-state index in [9.17, 15) is 18.0 Å². The fraction of sp³-hybridized carbons (Fsp3) is 0.481. The average molecular weight is 532 g/mol. The second-order valence-electron chi connectivity index (χ2n) is 10.2. The minimum atomic E-state index is -3.97. The fourth-order valence-corrected chi connectivity index (χ4v) is 5.63. The lowest BCUT2D eigenvalue weighted by Crippen LogP contribution is -2.38. The van der Waals surface area contributed by atoms with Crippen LogP contribution in [0.4, 0.5) is 4.79 Å². The second kappa shape index (κ2) is 11.4. The first-order valence-corrected chi connectivity index (χ1v) is 13.8. The van der Waals surface area contributed by atoms with Crippen molar-refractivity contribution >= 4 is 27.6 Å². The smallest absolute Gasteiger partial charge is 0.405 e. The molecule has 9 nitrogen and oxygen atoms in total. The molecule has 10 heteroatoms. The maximum absolute atomic E-state index is 13.9. The Balaban J connectivity index is 1.97. The van der Waals surface area contributed by atoms with Gasteiger partial charge in [-0.15, -0.1) is 0 Å². The molecule has 1 heterocycles. The van der Waals surface area contributed by atoms with Crippen LogP contribution in [0.2, 0.25) is 0 Å². The summed E-state index contributed by atoms with van der Waals surface area (Å²) < 4.78 is 39.9. The van der Waals surface area contributed by atoms with Crippen molar-refractivity contribution in [3.8, 4) is 5.75 Å². The summed E-state index contributed by atoms with van der Waals surface area (Å²) in [6.45, 7) is 5.31. The molecule has 0 aliphatic heterocycles. The van der Waals surface area contributed by atoms with Crippen LogP contribution < -0.4 is 10.5 Å². The monoisotopic (exact) mass is 531 g/mol. The van der Waals surface area contributed by atoms with Crippen LogP contribution in [-0.4, -0.2) is 55.6 Å². The summed E-state index contributed by atoms with van der Waals surface area (Å²) in [6.07, 6.45) is 7.13. The van der Waals surface area contributed by atoms with E-state index in [1.807, 2.05) is 13.0 Å². The normalized spacial score (nSPS) is 15.0. The Bertz CT molecular complexity index is 1280. The van der Waals surface area contributed by atoms with E-state index in [0.717, 1.165) is 36.8 Å². The lowest BCUT2D eigenvalue weighted by atomic mass is 9.87. The van der Waals surface area contributed by atoms with Gasteiger partial charge in [-0.2, -0.15) is 0 Å². The maximum atomic E-state index is 13.9. The van der Waals surface area contributed by atoms with E-state index >= 15 is 0 Å². The quantitative estimate of drug-likeness (QED) is 0.490. The summed E-state index contributed by atoms with van der Waals surface area (Å²) in [5, 5.41) is 0. The Morgan fingerprint density at radius 1 is 1.19 bits per heavy atom. The fourth-order valence-electron chi connectivity index (χ4n) is 4.18. The predicted molar refractivity (Wildman–Crippen MR) is 142 cm³/mol. The van der Waals surface area contributed by atoms with E-state index in [1.165, 1.54) is 21.0 Å². The van der Waals surface area contributed by atoms with E-state index < -0.39 is 21.7 Å². The Hall–Kier alpha value is -3.27. The predicted octanol–water partition coefficient (Wildman–Crippen LogP) is 4.20. The zero-order valence-corrected chi connectivity index (χ0v) is 23.0. The molecule has 2 aromatic rings. The van der Waals surface area contributed by atoms with Gasteiger partial charge in [0.05, 0.1) is 10.6 Å². The first-order valence-electron chi connectivity index (χ1n) is 12.4. The maximum Gasteiger partial charge on any atom is 0.405 e. The number of likely N-dealkylation sites (N-methyl/N-ethyl adjacent to an activating group) is 1. The molecule has 2 N–H and O–H groups in total. The Morgan fingerprint density at radius 2 is 1.92 bits per heavy atom. The molecule has 0 bridgehead atoms. The molecule has 202 valence electrons. The molecule has 0 fully saturated rings. The van der Waals surface area contributed by atoms with Crippen LogP contribution in [0.15, 0.2) is 47.5 Å². The van der Waals surface area contributed by atoms with Crippen molar-refractivity contribution in [2.75, 3.05) is 20.7 Å². The Kier molecular flexibility index (Phi) is 8.73. The zero-order chi connectivity index (χ0) is 27.4. The molecule has 0 radical (unpaired) electrons. The number of aromatic nitrogens is 1. The number of nitrogens with two attached hydrogens (primary N) is 1. The van der Waals surface area contributed by atoms with Crippen molar-refractivity contribution in [3.05, 3.63) is 53.9 Å². The van der Waals surface area contributed by atoms with Crippen molar-refractivity contribution in [2.24, 2.45) is 11.7 Å². The van der Waals surface area contributed by atoms with Crippen molar-refractivity contribution in [1.82, 2.24) is 8.87 Å². The number of hydrogen-bond donors (Lipinski definition) is 1. The highest BCUT2D eigenvalue weighted by atomic mass is 32.2. The molecule has 3 rings (SSSR count). The topological polar surface area (TPSA) is 121 Å². The largest absolute Gasteiger partial charge is 0.484 e. The number of hydrogen-bond acceptors (Lipinski definition) is 6. The van der Waals surface area contributed by atoms with Crippen molar-refractivity contribution in [1.29, 1.82) is 0 Å². The molecule has 37 heavy (non-hydrogen) atoms. The first kappa shape index (κ1) is 28.3. The third-order valence-corrected chi connectivity index (χ3v) is 8.45. The summed E-state index contributed by atoms with van der Waals surface area (Å²) >= 11 is 0. The number of allylic oxidation sites excluding steroid dienone is 2. The van der Waals surface area contributed by atoms with Gasteiger partial charge in [0.25, 0.3) is 15.9 Å². The molecule has 1 aliphatic carbocycles. The number of amides is 2. The summed E-state index contributed by atoms with van der Waals surface area (Å²) in [7, 11) is -0.721.